The average molecular weight is 326 g/mol. The fourth-order valence-electron chi connectivity index (χ4n) is 1.64. The second kappa shape index (κ2) is 6.47. The van der Waals surface area contributed by atoms with Crippen molar-refractivity contribution >= 4 is 21.8 Å². The molecule has 0 bridgehead atoms. The van der Waals surface area contributed by atoms with Crippen molar-refractivity contribution in [1.29, 1.82) is 0 Å². The molecule has 0 fully saturated rings. The van der Waals surface area contributed by atoms with Gasteiger partial charge in [-0.3, -0.25) is 9.48 Å². The summed E-state index contributed by atoms with van der Waals surface area (Å²) in [5.74, 6) is -0.711. The maximum atomic E-state index is 13.1. The molecule has 100 valence electrons. The molecule has 0 aliphatic carbocycles. The highest BCUT2D eigenvalue weighted by Gasteiger charge is 2.10. The number of halogens is 2. The monoisotopic (exact) mass is 325 g/mol. The number of carbonyl (C=O) groups excluding carboxylic acids is 1. The Morgan fingerprint density at radius 2 is 2.32 bits per heavy atom. The van der Waals surface area contributed by atoms with Crippen LogP contribution in [0.2, 0.25) is 0 Å². The minimum Gasteiger partial charge on any atom is -0.352 e. The van der Waals surface area contributed by atoms with Gasteiger partial charge in [-0.05, 0) is 46.6 Å². The summed E-state index contributed by atoms with van der Waals surface area (Å²) >= 11 is 3.23. The third-order valence-corrected chi connectivity index (χ3v) is 3.27. The quantitative estimate of drug-likeness (QED) is 0.859. The van der Waals surface area contributed by atoms with Crippen molar-refractivity contribution in [3.05, 3.63) is 52.5 Å². The summed E-state index contributed by atoms with van der Waals surface area (Å²) in [4.78, 5) is 11.8. The van der Waals surface area contributed by atoms with Crippen LogP contribution in [0, 0.1) is 5.82 Å². The molecule has 0 aliphatic heterocycles. The van der Waals surface area contributed by atoms with Gasteiger partial charge in [0.2, 0.25) is 0 Å². The third kappa shape index (κ3) is 3.89. The van der Waals surface area contributed by atoms with Crippen LogP contribution in [0.4, 0.5) is 4.39 Å². The van der Waals surface area contributed by atoms with E-state index in [0.29, 0.717) is 16.6 Å². The fraction of sp³-hybridized carbons (Fsp3) is 0.231. The topological polar surface area (TPSA) is 46.9 Å². The van der Waals surface area contributed by atoms with Crippen molar-refractivity contribution in [2.24, 2.45) is 0 Å². The number of benzene rings is 1. The first-order chi connectivity index (χ1) is 9.16. The third-order valence-electron chi connectivity index (χ3n) is 2.58. The lowest BCUT2D eigenvalue weighted by Gasteiger charge is -2.07. The number of aromatic nitrogens is 2. The number of hydrogen-bond acceptors (Lipinski definition) is 2. The smallest absolute Gasteiger partial charge is 0.252 e. The Morgan fingerprint density at radius 1 is 1.47 bits per heavy atom. The summed E-state index contributed by atoms with van der Waals surface area (Å²) in [5, 5.41) is 6.82. The van der Waals surface area contributed by atoms with Gasteiger partial charge in [0, 0.05) is 30.0 Å². The first-order valence-corrected chi connectivity index (χ1v) is 6.67. The van der Waals surface area contributed by atoms with Crippen molar-refractivity contribution < 1.29 is 9.18 Å². The Kier molecular flexibility index (Phi) is 4.68. The van der Waals surface area contributed by atoms with Gasteiger partial charge in [-0.25, -0.2) is 4.39 Å². The molecule has 0 unspecified atom stereocenters. The van der Waals surface area contributed by atoms with Crippen LogP contribution in [-0.2, 0) is 6.54 Å². The van der Waals surface area contributed by atoms with E-state index in [1.807, 2.05) is 12.3 Å². The second-order valence-corrected chi connectivity index (χ2v) is 4.86. The van der Waals surface area contributed by atoms with Gasteiger partial charge in [0.15, 0.2) is 0 Å². The summed E-state index contributed by atoms with van der Waals surface area (Å²) in [5.41, 5.74) is 0.305. The lowest BCUT2D eigenvalue weighted by Crippen LogP contribution is -2.25. The highest BCUT2D eigenvalue weighted by Crippen LogP contribution is 2.17. The lowest BCUT2D eigenvalue weighted by atomic mass is 10.2. The van der Waals surface area contributed by atoms with Crippen LogP contribution >= 0.6 is 15.9 Å². The van der Waals surface area contributed by atoms with Crippen LogP contribution in [-0.4, -0.2) is 22.2 Å². The first-order valence-electron chi connectivity index (χ1n) is 5.87. The Morgan fingerprint density at radius 3 is 3.05 bits per heavy atom. The molecule has 2 aromatic rings. The summed E-state index contributed by atoms with van der Waals surface area (Å²) in [6.45, 7) is 1.25. The van der Waals surface area contributed by atoms with Crippen LogP contribution in [0.15, 0.2) is 41.1 Å². The van der Waals surface area contributed by atoms with E-state index >= 15 is 0 Å². The van der Waals surface area contributed by atoms with E-state index in [4.69, 9.17) is 0 Å². The SMILES string of the molecule is O=C(NCCCn1cccn1)c1cc(F)ccc1Br. The van der Waals surface area contributed by atoms with Crippen LogP contribution in [0.3, 0.4) is 0 Å². The van der Waals surface area contributed by atoms with E-state index < -0.39 is 5.82 Å². The number of nitrogens with one attached hydrogen (secondary N) is 1. The Labute approximate surface area is 118 Å². The number of aryl methyl sites for hydroxylation is 1. The molecule has 1 aromatic heterocycles. The molecule has 2 rings (SSSR count). The molecule has 0 atom stereocenters. The minimum atomic E-state index is -0.426. The zero-order valence-corrected chi connectivity index (χ0v) is 11.7. The lowest BCUT2D eigenvalue weighted by molar-refractivity contribution is 0.0951. The standard InChI is InChI=1S/C13H13BrFN3O/c14-12-4-3-10(15)9-11(12)13(19)16-5-1-7-18-8-2-6-17-18/h2-4,6,8-9H,1,5,7H2,(H,16,19). The average Bonchev–Trinajstić information content (AvgIpc) is 2.90. The Balaban J connectivity index is 1.82. The van der Waals surface area contributed by atoms with E-state index in [1.54, 1.807) is 10.9 Å². The van der Waals surface area contributed by atoms with Crippen molar-refractivity contribution in [2.45, 2.75) is 13.0 Å². The number of rotatable bonds is 5. The molecule has 0 aliphatic rings. The molecule has 6 heteroatoms. The molecule has 1 aromatic carbocycles. The predicted octanol–water partition coefficient (Wildman–Crippen LogP) is 2.60. The summed E-state index contributed by atoms with van der Waals surface area (Å²) in [6, 6.07) is 5.89. The predicted molar refractivity (Wildman–Crippen MR) is 73.3 cm³/mol. The van der Waals surface area contributed by atoms with E-state index in [2.05, 4.69) is 26.3 Å². The van der Waals surface area contributed by atoms with Gasteiger partial charge in [0.25, 0.3) is 5.91 Å². The van der Waals surface area contributed by atoms with Gasteiger partial charge in [0.05, 0.1) is 5.56 Å². The molecule has 4 nitrogen and oxygen atoms in total. The van der Waals surface area contributed by atoms with Gasteiger partial charge < -0.3 is 5.32 Å². The fourth-order valence-corrected chi connectivity index (χ4v) is 2.07. The normalized spacial score (nSPS) is 10.4. The van der Waals surface area contributed by atoms with Gasteiger partial charge in [-0.2, -0.15) is 5.10 Å². The van der Waals surface area contributed by atoms with Crippen molar-refractivity contribution in [2.75, 3.05) is 6.54 Å². The van der Waals surface area contributed by atoms with Gasteiger partial charge >= 0.3 is 0 Å². The number of carbonyl (C=O) groups is 1. The van der Waals surface area contributed by atoms with E-state index in [9.17, 15) is 9.18 Å². The van der Waals surface area contributed by atoms with E-state index in [-0.39, 0.29) is 5.91 Å². The van der Waals surface area contributed by atoms with E-state index in [0.717, 1.165) is 13.0 Å². The Bertz CT molecular complexity index is 557. The largest absolute Gasteiger partial charge is 0.352 e. The molecule has 1 heterocycles. The van der Waals surface area contributed by atoms with Gasteiger partial charge in [0.1, 0.15) is 5.82 Å². The maximum absolute atomic E-state index is 13.1. The molecule has 1 amide bonds. The molecular weight excluding hydrogens is 313 g/mol. The van der Waals surface area contributed by atoms with Crippen LogP contribution < -0.4 is 5.32 Å². The number of hydrogen-bond donors (Lipinski definition) is 1. The maximum Gasteiger partial charge on any atom is 0.252 e. The Hall–Kier alpha value is -1.69. The molecule has 0 saturated carbocycles. The zero-order chi connectivity index (χ0) is 13.7. The van der Waals surface area contributed by atoms with Gasteiger partial charge in [-0.1, -0.05) is 0 Å². The van der Waals surface area contributed by atoms with Crippen molar-refractivity contribution in [3.63, 3.8) is 0 Å². The van der Waals surface area contributed by atoms with Crippen LogP contribution in [0.25, 0.3) is 0 Å². The molecule has 19 heavy (non-hydrogen) atoms. The summed E-state index contributed by atoms with van der Waals surface area (Å²) in [6.07, 6.45) is 4.34. The van der Waals surface area contributed by atoms with Crippen molar-refractivity contribution in [3.8, 4) is 0 Å². The molecule has 0 spiro atoms. The number of amides is 1. The van der Waals surface area contributed by atoms with Gasteiger partial charge in [-0.15, -0.1) is 0 Å². The second-order valence-electron chi connectivity index (χ2n) is 4.00. The number of nitrogens with zero attached hydrogens (tertiary/aromatic N) is 2. The molecule has 0 saturated heterocycles. The molecular formula is C13H13BrFN3O. The van der Waals surface area contributed by atoms with Crippen LogP contribution in [0.5, 0.6) is 0 Å². The van der Waals surface area contributed by atoms with Crippen molar-refractivity contribution in [1.82, 2.24) is 15.1 Å². The zero-order valence-electron chi connectivity index (χ0n) is 10.1. The summed E-state index contributed by atoms with van der Waals surface area (Å²) < 4.78 is 15.4. The molecule has 0 radical (unpaired) electrons. The summed E-state index contributed by atoms with van der Waals surface area (Å²) in [7, 11) is 0. The highest BCUT2D eigenvalue weighted by atomic mass is 79.9. The van der Waals surface area contributed by atoms with E-state index in [1.165, 1.54) is 18.2 Å². The molecule has 1 N–H and O–H groups in total. The first kappa shape index (κ1) is 13.7. The van der Waals surface area contributed by atoms with Crippen LogP contribution in [0.1, 0.15) is 16.8 Å². The minimum absolute atomic E-state index is 0.285. The highest BCUT2D eigenvalue weighted by molar-refractivity contribution is 9.10.